The maximum atomic E-state index is 12.3. The zero-order valence-corrected chi connectivity index (χ0v) is 14.4. The summed E-state index contributed by atoms with van der Waals surface area (Å²) in [5.74, 6) is 1.36. The number of thiocarbonyl (C=S) groups is 1. The minimum atomic E-state index is -0.0311. The third-order valence-corrected chi connectivity index (χ3v) is 5.16. The van der Waals surface area contributed by atoms with E-state index in [1.54, 1.807) is 4.90 Å². The van der Waals surface area contributed by atoms with Gasteiger partial charge in [0.2, 0.25) is 6.79 Å². The van der Waals surface area contributed by atoms with Gasteiger partial charge >= 0.3 is 0 Å². The molecule has 1 aromatic carbocycles. The third-order valence-electron chi connectivity index (χ3n) is 3.10. The number of carbonyl (C=O) groups is 1. The van der Waals surface area contributed by atoms with E-state index in [9.17, 15) is 4.79 Å². The second-order valence-corrected chi connectivity index (χ2v) is 7.09. The Morgan fingerprint density at radius 3 is 2.86 bits per heavy atom. The van der Waals surface area contributed by atoms with Crippen LogP contribution in [0.25, 0.3) is 6.08 Å². The van der Waals surface area contributed by atoms with Gasteiger partial charge < -0.3 is 9.47 Å². The highest BCUT2D eigenvalue weighted by molar-refractivity contribution is 9.10. The molecule has 0 spiro atoms. The van der Waals surface area contributed by atoms with Crippen LogP contribution in [0.4, 0.5) is 0 Å². The maximum Gasteiger partial charge on any atom is 0.266 e. The summed E-state index contributed by atoms with van der Waals surface area (Å²) in [6.07, 6.45) is 2.72. The fourth-order valence-corrected chi connectivity index (χ4v) is 3.84. The number of hydrogen-bond donors (Lipinski definition) is 0. The van der Waals surface area contributed by atoms with Crippen molar-refractivity contribution in [1.29, 1.82) is 0 Å². The Balaban J connectivity index is 1.92. The molecule has 0 atom stereocenters. The largest absolute Gasteiger partial charge is 0.454 e. The van der Waals surface area contributed by atoms with Gasteiger partial charge in [-0.3, -0.25) is 9.69 Å². The lowest BCUT2D eigenvalue weighted by Gasteiger charge is -2.12. The summed E-state index contributed by atoms with van der Waals surface area (Å²) in [4.78, 5) is 14.6. The van der Waals surface area contributed by atoms with E-state index < -0.39 is 0 Å². The molecule has 0 aliphatic carbocycles. The van der Waals surface area contributed by atoms with E-state index in [-0.39, 0.29) is 12.7 Å². The Hall–Kier alpha value is -1.05. The number of fused-ring (bicyclic) bond motifs is 1. The topological polar surface area (TPSA) is 38.8 Å². The van der Waals surface area contributed by atoms with Crippen molar-refractivity contribution in [2.45, 2.75) is 13.3 Å². The molecule has 1 amide bonds. The van der Waals surface area contributed by atoms with E-state index in [4.69, 9.17) is 21.7 Å². The van der Waals surface area contributed by atoms with Crippen molar-refractivity contribution in [2.75, 3.05) is 13.3 Å². The smallest absolute Gasteiger partial charge is 0.266 e. The van der Waals surface area contributed by atoms with Crippen LogP contribution in [-0.2, 0) is 4.79 Å². The zero-order chi connectivity index (χ0) is 15.0. The normalized spacial score (nSPS) is 19.0. The Morgan fingerprint density at radius 1 is 1.43 bits per heavy atom. The highest BCUT2D eigenvalue weighted by Crippen LogP contribution is 2.39. The van der Waals surface area contributed by atoms with Crippen molar-refractivity contribution in [2.24, 2.45) is 0 Å². The average Bonchev–Trinajstić information content (AvgIpc) is 2.99. The Kier molecular flexibility index (Phi) is 4.24. The molecule has 2 heterocycles. The van der Waals surface area contributed by atoms with Gasteiger partial charge in [0.25, 0.3) is 5.91 Å². The van der Waals surface area contributed by atoms with Gasteiger partial charge in [-0.25, -0.2) is 0 Å². The first-order chi connectivity index (χ1) is 10.1. The summed E-state index contributed by atoms with van der Waals surface area (Å²) in [5.41, 5.74) is 0.872. The van der Waals surface area contributed by atoms with E-state index in [1.165, 1.54) is 11.8 Å². The van der Waals surface area contributed by atoms with Crippen LogP contribution < -0.4 is 9.47 Å². The van der Waals surface area contributed by atoms with Crippen LogP contribution in [0, 0.1) is 0 Å². The fraction of sp³-hybridized carbons (Fsp3) is 0.286. The van der Waals surface area contributed by atoms with Gasteiger partial charge in [0, 0.05) is 11.0 Å². The van der Waals surface area contributed by atoms with E-state index >= 15 is 0 Å². The van der Waals surface area contributed by atoms with Crippen molar-refractivity contribution in [3.05, 3.63) is 27.1 Å². The Labute approximate surface area is 140 Å². The molecule has 110 valence electrons. The number of ether oxygens (including phenoxy) is 2. The molecule has 1 saturated heterocycles. The van der Waals surface area contributed by atoms with Crippen LogP contribution in [0.3, 0.4) is 0 Å². The molecule has 1 aromatic rings. The number of nitrogens with zero attached hydrogens (tertiary/aromatic N) is 1. The number of hydrogen-bond acceptors (Lipinski definition) is 5. The molecule has 0 unspecified atom stereocenters. The number of halogens is 1. The molecule has 0 aromatic heterocycles. The molecule has 0 saturated carbocycles. The van der Waals surface area contributed by atoms with Gasteiger partial charge in [-0.1, -0.05) is 46.8 Å². The van der Waals surface area contributed by atoms with Gasteiger partial charge in [-0.2, -0.15) is 0 Å². The lowest BCUT2D eigenvalue weighted by Crippen LogP contribution is -2.28. The molecule has 0 radical (unpaired) electrons. The van der Waals surface area contributed by atoms with Crippen molar-refractivity contribution in [3.8, 4) is 11.5 Å². The first-order valence-corrected chi connectivity index (χ1v) is 8.46. The SMILES string of the molecule is CCCN1C(=O)/C(=C\c2cc3c(cc2Br)OCO3)SC1=S. The summed E-state index contributed by atoms with van der Waals surface area (Å²) in [7, 11) is 0. The van der Waals surface area contributed by atoms with Crippen LogP contribution in [-0.4, -0.2) is 28.5 Å². The highest BCUT2D eigenvalue weighted by atomic mass is 79.9. The van der Waals surface area contributed by atoms with Gasteiger partial charge in [0.05, 0.1) is 4.91 Å². The summed E-state index contributed by atoms with van der Waals surface area (Å²) in [5, 5.41) is 0. The lowest BCUT2D eigenvalue weighted by atomic mass is 10.2. The van der Waals surface area contributed by atoms with E-state index in [2.05, 4.69) is 15.9 Å². The molecule has 2 aliphatic heterocycles. The standard InChI is InChI=1S/C14H12BrNO3S2/c1-2-3-16-13(17)12(21-14(16)20)5-8-4-10-11(6-9(8)15)19-7-18-10/h4-6H,2-3,7H2,1H3/b12-5+. The molecule has 3 rings (SSSR count). The first-order valence-electron chi connectivity index (χ1n) is 6.44. The number of rotatable bonds is 3. The molecular weight excluding hydrogens is 374 g/mol. The summed E-state index contributed by atoms with van der Waals surface area (Å²) in [6.45, 7) is 2.91. The van der Waals surface area contributed by atoms with Crippen molar-refractivity contribution in [3.63, 3.8) is 0 Å². The van der Waals surface area contributed by atoms with E-state index in [0.29, 0.717) is 27.3 Å². The van der Waals surface area contributed by atoms with Gasteiger partial charge in [-0.15, -0.1) is 0 Å². The third kappa shape index (κ3) is 2.82. The van der Waals surface area contributed by atoms with Crippen molar-refractivity contribution >= 4 is 56.2 Å². The van der Waals surface area contributed by atoms with E-state index in [0.717, 1.165) is 16.5 Å². The van der Waals surface area contributed by atoms with Crippen molar-refractivity contribution < 1.29 is 14.3 Å². The van der Waals surface area contributed by atoms with Crippen LogP contribution in [0.2, 0.25) is 0 Å². The Morgan fingerprint density at radius 2 is 2.14 bits per heavy atom. The molecule has 0 N–H and O–H groups in total. The van der Waals surface area contributed by atoms with E-state index in [1.807, 2.05) is 25.1 Å². The molecule has 4 nitrogen and oxygen atoms in total. The monoisotopic (exact) mass is 385 g/mol. The second kappa shape index (κ2) is 5.98. The van der Waals surface area contributed by atoms with Crippen LogP contribution >= 0.6 is 39.9 Å². The molecule has 0 bridgehead atoms. The van der Waals surface area contributed by atoms with Gasteiger partial charge in [-0.05, 0) is 30.2 Å². The fourth-order valence-electron chi connectivity index (χ4n) is 2.10. The predicted molar refractivity (Wildman–Crippen MR) is 90.4 cm³/mol. The highest BCUT2D eigenvalue weighted by Gasteiger charge is 2.31. The zero-order valence-electron chi connectivity index (χ0n) is 11.2. The molecule has 21 heavy (non-hydrogen) atoms. The molecule has 7 heteroatoms. The first kappa shape index (κ1) is 14.9. The van der Waals surface area contributed by atoms with Crippen LogP contribution in [0.5, 0.6) is 11.5 Å². The molecule has 2 aliphatic rings. The molecule has 1 fully saturated rings. The quantitative estimate of drug-likeness (QED) is 0.584. The van der Waals surface area contributed by atoms with Crippen LogP contribution in [0.1, 0.15) is 18.9 Å². The predicted octanol–water partition coefficient (Wildman–Crippen LogP) is 3.79. The Bertz CT molecular complexity index is 660. The minimum absolute atomic E-state index is 0.0311. The number of carbonyl (C=O) groups excluding carboxylic acids is 1. The summed E-state index contributed by atoms with van der Waals surface area (Å²) < 4.78 is 12.2. The van der Waals surface area contributed by atoms with Crippen molar-refractivity contribution in [1.82, 2.24) is 4.90 Å². The second-order valence-electron chi connectivity index (χ2n) is 4.56. The lowest BCUT2D eigenvalue weighted by molar-refractivity contribution is -0.122. The van der Waals surface area contributed by atoms with Gasteiger partial charge in [0.1, 0.15) is 4.32 Å². The number of thioether (sulfide) groups is 1. The minimum Gasteiger partial charge on any atom is -0.454 e. The average molecular weight is 386 g/mol. The summed E-state index contributed by atoms with van der Waals surface area (Å²) in [6, 6.07) is 3.71. The summed E-state index contributed by atoms with van der Waals surface area (Å²) >= 11 is 10.1. The molecular formula is C14H12BrNO3S2. The maximum absolute atomic E-state index is 12.3. The number of amides is 1. The van der Waals surface area contributed by atoms with Gasteiger partial charge in [0.15, 0.2) is 11.5 Å². The number of benzene rings is 1. The van der Waals surface area contributed by atoms with Crippen LogP contribution in [0.15, 0.2) is 21.5 Å².